The first-order valence-corrected chi connectivity index (χ1v) is 11.5. The molecule has 3 aromatic rings. The van der Waals surface area contributed by atoms with Crippen LogP contribution in [0, 0.1) is 0 Å². The Hall–Kier alpha value is -2.77. The van der Waals surface area contributed by atoms with Gasteiger partial charge in [0, 0.05) is 39.1 Å². The normalized spacial score (nSPS) is 15.7. The van der Waals surface area contributed by atoms with Crippen molar-refractivity contribution in [2.75, 3.05) is 26.2 Å². The Morgan fingerprint density at radius 1 is 1.03 bits per heavy atom. The molecule has 2 heterocycles. The number of hydrogen-bond donors (Lipinski definition) is 0. The van der Waals surface area contributed by atoms with Gasteiger partial charge in [0.05, 0.1) is 21.6 Å². The van der Waals surface area contributed by atoms with Crippen LogP contribution in [0.1, 0.15) is 23.9 Å². The van der Waals surface area contributed by atoms with Crippen LogP contribution in [0.15, 0.2) is 54.6 Å². The molecule has 1 aliphatic rings. The highest BCUT2D eigenvalue weighted by molar-refractivity contribution is 7.18. The molecular weight excluding hydrogens is 410 g/mol. The molecule has 0 saturated carbocycles. The van der Waals surface area contributed by atoms with Gasteiger partial charge in [-0.1, -0.05) is 42.5 Å². The van der Waals surface area contributed by atoms with Crippen LogP contribution in [0.3, 0.4) is 0 Å². The van der Waals surface area contributed by atoms with Crippen LogP contribution < -0.4 is 0 Å². The summed E-state index contributed by atoms with van der Waals surface area (Å²) in [5, 5.41) is 0.909. The number of aryl methyl sites for hydroxylation is 1. The summed E-state index contributed by atoms with van der Waals surface area (Å²) in [6, 6.07) is 18.3. The molecule has 7 heteroatoms. The zero-order chi connectivity index (χ0) is 21.6. The second kappa shape index (κ2) is 10.0. The zero-order valence-corrected chi connectivity index (χ0v) is 18.5. The van der Waals surface area contributed by atoms with Crippen LogP contribution >= 0.6 is 11.3 Å². The van der Waals surface area contributed by atoms with Gasteiger partial charge in [0.25, 0.3) is 5.91 Å². The van der Waals surface area contributed by atoms with Gasteiger partial charge >= 0.3 is 5.97 Å². The molecule has 6 nitrogen and oxygen atoms in total. The average molecular weight is 438 g/mol. The minimum atomic E-state index is -0.761. The fourth-order valence-electron chi connectivity index (χ4n) is 3.77. The molecule has 1 saturated heterocycles. The largest absolute Gasteiger partial charge is 0.453 e. The zero-order valence-electron chi connectivity index (χ0n) is 17.7. The summed E-state index contributed by atoms with van der Waals surface area (Å²) in [5.41, 5.74) is 2.23. The third-order valence-corrected chi connectivity index (χ3v) is 6.57. The number of hydrogen-bond acceptors (Lipinski definition) is 6. The Morgan fingerprint density at radius 2 is 1.74 bits per heavy atom. The number of carbonyl (C=O) groups excluding carboxylic acids is 2. The Morgan fingerprint density at radius 3 is 2.48 bits per heavy atom. The van der Waals surface area contributed by atoms with Crippen molar-refractivity contribution in [2.24, 2.45) is 0 Å². The Balaban J connectivity index is 1.20. The summed E-state index contributed by atoms with van der Waals surface area (Å²) in [6.45, 7) is 5.49. The van der Waals surface area contributed by atoms with Gasteiger partial charge in [0.15, 0.2) is 6.10 Å². The van der Waals surface area contributed by atoms with E-state index < -0.39 is 6.10 Å². The highest BCUT2D eigenvalue weighted by atomic mass is 32.1. The molecule has 1 atom stereocenters. The number of thiazole rings is 1. The molecular formula is C24H27N3O3S. The molecule has 0 N–H and O–H groups in total. The molecule has 0 bridgehead atoms. The van der Waals surface area contributed by atoms with Crippen molar-refractivity contribution >= 4 is 33.4 Å². The SMILES string of the molecule is C[C@@H](OC(=O)CCc1nc2ccccc2s1)C(=O)N1CCN(Cc2ccccc2)CC1. The van der Waals surface area contributed by atoms with Crippen LogP contribution in [0.4, 0.5) is 0 Å². The second-order valence-corrected chi connectivity index (χ2v) is 8.91. The topological polar surface area (TPSA) is 62.7 Å². The fourth-order valence-corrected chi connectivity index (χ4v) is 4.73. The van der Waals surface area contributed by atoms with E-state index in [1.807, 2.05) is 42.5 Å². The molecule has 2 aromatic carbocycles. The van der Waals surface area contributed by atoms with E-state index in [9.17, 15) is 9.59 Å². The number of amides is 1. The maximum absolute atomic E-state index is 12.7. The summed E-state index contributed by atoms with van der Waals surface area (Å²) < 4.78 is 6.53. The van der Waals surface area contributed by atoms with Crippen molar-refractivity contribution in [3.63, 3.8) is 0 Å². The molecule has 0 radical (unpaired) electrons. The van der Waals surface area contributed by atoms with Crippen LogP contribution in [-0.4, -0.2) is 58.9 Å². The lowest BCUT2D eigenvalue weighted by atomic mass is 10.2. The van der Waals surface area contributed by atoms with Gasteiger partial charge in [-0.3, -0.25) is 14.5 Å². The first kappa shape index (κ1) is 21.5. The smallest absolute Gasteiger partial charge is 0.306 e. The molecule has 1 aliphatic heterocycles. The Labute approximate surface area is 186 Å². The van der Waals surface area contributed by atoms with E-state index in [4.69, 9.17) is 4.74 Å². The Bertz CT molecular complexity index is 996. The lowest BCUT2D eigenvalue weighted by molar-refractivity contribution is -0.159. The van der Waals surface area contributed by atoms with Crippen molar-refractivity contribution < 1.29 is 14.3 Å². The van der Waals surface area contributed by atoms with E-state index in [1.54, 1.807) is 23.2 Å². The molecule has 31 heavy (non-hydrogen) atoms. The number of para-hydroxylation sites is 1. The quantitative estimate of drug-likeness (QED) is 0.530. The first-order chi connectivity index (χ1) is 15.1. The highest BCUT2D eigenvalue weighted by Crippen LogP contribution is 2.22. The number of benzene rings is 2. The van der Waals surface area contributed by atoms with Crippen molar-refractivity contribution in [2.45, 2.75) is 32.4 Å². The molecule has 1 amide bonds. The van der Waals surface area contributed by atoms with Crippen molar-refractivity contribution in [3.8, 4) is 0 Å². The molecule has 0 unspecified atom stereocenters. The monoisotopic (exact) mass is 437 g/mol. The molecule has 0 spiro atoms. The second-order valence-electron chi connectivity index (χ2n) is 7.79. The summed E-state index contributed by atoms with van der Waals surface area (Å²) in [7, 11) is 0. The molecule has 1 fully saturated rings. The van der Waals surface area contributed by atoms with Crippen LogP contribution in [0.5, 0.6) is 0 Å². The van der Waals surface area contributed by atoms with Crippen LogP contribution in [-0.2, 0) is 27.3 Å². The van der Waals surface area contributed by atoms with Gasteiger partial charge in [-0.25, -0.2) is 4.98 Å². The van der Waals surface area contributed by atoms with Gasteiger partial charge in [0.1, 0.15) is 0 Å². The number of piperazine rings is 1. The molecule has 0 aliphatic carbocycles. The molecule has 1 aromatic heterocycles. The Kier molecular flexibility index (Phi) is 6.94. The minimum Gasteiger partial charge on any atom is -0.453 e. The van der Waals surface area contributed by atoms with E-state index in [0.717, 1.165) is 34.9 Å². The van der Waals surface area contributed by atoms with E-state index in [2.05, 4.69) is 22.0 Å². The summed E-state index contributed by atoms with van der Waals surface area (Å²) in [5.74, 6) is -0.476. The van der Waals surface area contributed by atoms with Gasteiger partial charge in [-0.15, -0.1) is 11.3 Å². The van der Waals surface area contributed by atoms with Crippen LogP contribution in [0.2, 0.25) is 0 Å². The minimum absolute atomic E-state index is 0.118. The third-order valence-electron chi connectivity index (χ3n) is 5.47. The van der Waals surface area contributed by atoms with Crippen molar-refractivity contribution in [1.82, 2.24) is 14.8 Å². The first-order valence-electron chi connectivity index (χ1n) is 10.7. The summed E-state index contributed by atoms with van der Waals surface area (Å²) in [6.07, 6.45) is -0.0111. The van der Waals surface area contributed by atoms with E-state index in [1.165, 1.54) is 5.56 Å². The summed E-state index contributed by atoms with van der Waals surface area (Å²) >= 11 is 1.59. The number of carbonyl (C=O) groups is 2. The number of ether oxygens (including phenoxy) is 1. The maximum atomic E-state index is 12.7. The molecule has 162 valence electrons. The van der Waals surface area contributed by atoms with Crippen molar-refractivity contribution in [3.05, 3.63) is 65.2 Å². The van der Waals surface area contributed by atoms with Gasteiger partial charge < -0.3 is 9.64 Å². The lowest BCUT2D eigenvalue weighted by Crippen LogP contribution is -2.51. The fraction of sp³-hybridized carbons (Fsp3) is 0.375. The predicted molar refractivity (Wildman–Crippen MR) is 122 cm³/mol. The lowest BCUT2D eigenvalue weighted by Gasteiger charge is -2.35. The highest BCUT2D eigenvalue weighted by Gasteiger charge is 2.27. The van der Waals surface area contributed by atoms with Crippen molar-refractivity contribution in [1.29, 1.82) is 0 Å². The van der Waals surface area contributed by atoms with E-state index in [-0.39, 0.29) is 18.3 Å². The van der Waals surface area contributed by atoms with Crippen LogP contribution in [0.25, 0.3) is 10.2 Å². The number of rotatable bonds is 7. The van der Waals surface area contributed by atoms with Gasteiger partial charge in [-0.05, 0) is 24.6 Å². The molecule has 4 rings (SSSR count). The average Bonchev–Trinajstić information content (AvgIpc) is 3.21. The number of fused-ring (bicyclic) bond motifs is 1. The van der Waals surface area contributed by atoms with E-state index in [0.29, 0.717) is 19.5 Å². The number of aromatic nitrogens is 1. The third kappa shape index (κ3) is 5.68. The maximum Gasteiger partial charge on any atom is 0.306 e. The summed E-state index contributed by atoms with van der Waals surface area (Å²) in [4.78, 5) is 33.7. The van der Waals surface area contributed by atoms with Gasteiger partial charge in [0.2, 0.25) is 0 Å². The standard InChI is InChI=1S/C24H27N3O3S/c1-18(30-23(28)12-11-22-25-20-9-5-6-10-21(20)31-22)24(29)27-15-13-26(14-16-27)17-19-7-3-2-4-8-19/h2-10,18H,11-17H2,1H3/t18-/m1/s1. The number of esters is 1. The number of nitrogens with zero attached hydrogens (tertiary/aromatic N) is 3. The van der Waals surface area contributed by atoms with Gasteiger partial charge in [-0.2, -0.15) is 0 Å². The van der Waals surface area contributed by atoms with E-state index >= 15 is 0 Å². The predicted octanol–water partition coefficient (Wildman–Crippen LogP) is 3.51.